The van der Waals surface area contributed by atoms with Gasteiger partial charge in [0.1, 0.15) is 31.2 Å². The summed E-state index contributed by atoms with van der Waals surface area (Å²) < 4.78 is 41.1. The predicted octanol–water partition coefficient (Wildman–Crippen LogP) is 2.48. The highest BCUT2D eigenvalue weighted by molar-refractivity contribution is 5.32. The number of hydrogen-bond acceptors (Lipinski definition) is 9. The third-order valence-electron chi connectivity index (χ3n) is 5.12. The second-order valence-corrected chi connectivity index (χ2v) is 8.47. The lowest BCUT2D eigenvalue weighted by molar-refractivity contribution is -0.384. The van der Waals surface area contributed by atoms with Crippen LogP contribution in [0.5, 0.6) is 0 Å². The van der Waals surface area contributed by atoms with Crippen LogP contribution in [0.1, 0.15) is 33.3 Å². The van der Waals surface area contributed by atoms with E-state index in [-0.39, 0.29) is 44.0 Å². The van der Waals surface area contributed by atoms with Crippen LogP contribution in [0, 0.1) is 10.1 Å². The van der Waals surface area contributed by atoms with Crippen molar-refractivity contribution in [3.63, 3.8) is 0 Å². The molecule has 0 unspecified atom stereocenters. The Bertz CT molecular complexity index is 766. The summed E-state index contributed by atoms with van der Waals surface area (Å²) in [5.41, 5.74) is 0.856. The molecule has 0 aliphatic carbocycles. The number of hydrogen-bond donors (Lipinski definition) is 0. The Labute approximate surface area is 174 Å². The van der Waals surface area contributed by atoms with E-state index in [0.717, 1.165) is 5.56 Å². The second-order valence-electron chi connectivity index (χ2n) is 8.47. The van der Waals surface area contributed by atoms with Crippen LogP contribution in [0.2, 0.25) is 0 Å². The zero-order valence-electron chi connectivity index (χ0n) is 17.4. The van der Waals surface area contributed by atoms with Crippen LogP contribution in [0.3, 0.4) is 0 Å². The highest BCUT2D eigenvalue weighted by Gasteiger charge is 2.60. The van der Waals surface area contributed by atoms with Gasteiger partial charge in [0.25, 0.3) is 5.69 Å². The van der Waals surface area contributed by atoms with E-state index in [1.165, 1.54) is 12.1 Å². The van der Waals surface area contributed by atoms with Crippen molar-refractivity contribution in [1.29, 1.82) is 0 Å². The van der Waals surface area contributed by atoms with Gasteiger partial charge in [-0.15, -0.1) is 0 Å². The Balaban J connectivity index is 1.28. The van der Waals surface area contributed by atoms with Gasteiger partial charge in [-0.2, -0.15) is 0 Å². The first-order chi connectivity index (χ1) is 14.1. The Morgan fingerprint density at radius 1 is 0.933 bits per heavy atom. The smallest absolute Gasteiger partial charge is 0.269 e. The number of ether oxygens (including phenoxy) is 7. The van der Waals surface area contributed by atoms with Gasteiger partial charge in [-0.05, 0) is 45.4 Å². The topological polar surface area (TPSA) is 108 Å². The Morgan fingerprint density at radius 3 is 2.27 bits per heavy atom. The molecule has 1 aromatic carbocycles. The maximum Gasteiger partial charge on any atom is 0.269 e. The molecule has 0 amide bonds. The van der Waals surface area contributed by atoms with Gasteiger partial charge >= 0.3 is 0 Å². The first-order valence-corrected chi connectivity index (χ1v) is 9.89. The van der Waals surface area contributed by atoms with Gasteiger partial charge in [0, 0.05) is 12.1 Å². The summed E-state index contributed by atoms with van der Waals surface area (Å²) in [5, 5.41) is 10.7. The van der Waals surface area contributed by atoms with E-state index in [0.29, 0.717) is 0 Å². The number of nitro groups is 1. The quantitative estimate of drug-likeness (QED) is 0.282. The van der Waals surface area contributed by atoms with Gasteiger partial charge in [0.05, 0.1) is 18.1 Å². The monoisotopic (exact) mass is 425 g/mol. The molecule has 30 heavy (non-hydrogen) atoms. The summed E-state index contributed by atoms with van der Waals surface area (Å²) in [6.45, 7) is 7.92. The van der Waals surface area contributed by atoms with Crippen molar-refractivity contribution in [3.05, 3.63) is 39.9 Å². The van der Waals surface area contributed by atoms with E-state index >= 15 is 0 Å². The summed E-state index contributed by atoms with van der Waals surface area (Å²) in [6, 6.07) is 6.18. The van der Waals surface area contributed by atoms with Gasteiger partial charge in [0.15, 0.2) is 17.9 Å². The lowest BCUT2D eigenvalue weighted by Gasteiger charge is -2.37. The van der Waals surface area contributed by atoms with Gasteiger partial charge in [-0.1, -0.05) is 0 Å². The van der Waals surface area contributed by atoms with Crippen molar-refractivity contribution in [2.24, 2.45) is 0 Å². The van der Waals surface area contributed by atoms with Crippen LogP contribution in [0.25, 0.3) is 0 Å². The van der Waals surface area contributed by atoms with Crippen molar-refractivity contribution in [3.8, 4) is 0 Å². The van der Waals surface area contributed by atoms with Crippen molar-refractivity contribution in [2.75, 3.05) is 13.4 Å². The van der Waals surface area contributed by atoms with Crippen molar-refractivity contribution >= 4 is 5.69 Å². The summed E-state index contributed by atoms with van der Waals surface area (Å²) in [4.78, 5) is 10.3. The van der Waals surface area contributed by atoms with E-state index in [2.05, 4.69) is 0 Å². The first kappa shape index (κ1) is 21.6. The average molecular weight is 425 g/mol. The fourth-order valence-corrected chi connectivity index (χ4v) is 3.92. The Hall–Kier alpha value is -1.66. The molecule has 0 saturated carbocycles. The van der Waals surface area contributed by atoms with E-state index in [1.807, 2.05) is 27.7 Å². The molecule has 166 valence electrons. The van der Waals surface area contributed by atoms with Gasteiger partial charge in [-0.25, -0.2) is 0 Å². The fraction of sp³-hybridized carbons (Fsp3) is 0.700. The molecule has 0 spiro atoms. The van der Waals surface area contributed by atoms with Gasteiger partial charge < -0.3 is 33.2 Å². The van der Waals surface area contributed by atoms with Crippen LogP contribution < -0.4 is 0 Å². The van der Waals surface area contributed by atoms with E-state index in [4.69, 9.17) is 33.2 Å². The lowest BCUT2D eigenvalue weighted by atomic mass is 9.99. The number of fused-ring (bicyclic) bond motifs is 3. The Morgan fingerprint density at radius 2 is 1.57 bits per heavy atom. The maximum absolute atomic E-state index is 10.7. The molecule has 0 bridgehead atoms. The predicted molar refractivity (Wildman–Crippen MR) is 101 cm³/mol. The number of nitro benzene ring substituents is 1. The zero-order valence-corrected chi connectivity index (χ0v) is 17.4. The van der Waals surface area contributed by atoms with Crippen LogP contribution in [0.4, 0.5) is 5.69 Å². The van der Waals surface area contributed by atoms with Crippen LogP contribution in [0.15, 0.2) is 24.3 Å². The highest BCUT2D eigenvalue weighted by Crippen LogP contribution is 2.44. The summed E-state index contributed by atoms with van der Waals surface area (Å²) in [6.07, 6.45) is -2.02. The third kappa shape index (κ3) is 4.65. The van der Waals surface area contributed by atoms with Crippen molar-refractivity contribution < 1.29 is 38.1 Å². The largest absolute Gasteiger partial charge is 0.353 e. The molecule has 10 nitrogen and oxygen atoms in total. The molecular formula is C20H27NO9. The molecule has 1 aromatic rings. The molecule has 5 atom stereocenters. The molecule has 0 aromatic heterocycles. The molecule has 3 fully saturated rings. The molecule has 3 heterocycles. The third-order valence-corrected chi connectivity index (χ3v) is 5.12. The molecule has 10 heteroatoms. The van der Waals surface area contributed by atoms with Crippen LogP contribution in [-0.2, 0) is 39.8 Å². The first-order valence-electron chi connectivity index (χ1n) is 9.89. The minimum Gasteiger partial charge on any atom is -0.353 e. The lowest BCUT2D eigenvalue weighted by Crippen LogP contribution is -2.56. The number of nitrogens with zero attached hydrogens (tertiary/aromatic N) is 1. The number of non-ortho nitro benzene ring substituents is 1. The molecule has 0 N–H and O–H groups in total. The SMILES string of the molecule is CC1(C)O[C@H]2[C@@H](O1)[C@@H](COCOCc1ccc([N+](=O)[O-])cc1)O[C@@H]1OC(C)(C)O[C@@H]12. The second kappa shape index (κ2) is 8.12. The van der Waals surface area contributed by atoms with E-state index in [1.54, 1.807) is 12.1 Å². The van der Waals surface area contributed by atoms with Gasteiger partial charge in [-0.3, -0.25) is 10.1 Å². The normalized spacial score (nSPS) is 33.8. The van der Waals surface area contributed by atoms with Crippen LogP contribution >= 0.6 is 0 Å². The molecule has 3 aliphatic rings. The molecular weight excluding hydrogens is 398 g/mol. The maximum atomic E-state index is 10.7. The molecule has 0 radical (unpaired) electrons. The van der Waals surface area contributed by atoms with Crippen LogP contribution in [-0.4, -0.2) is 60.6 Å². The fourth-order valence-electron chi connectivity index (χ4n) is 3.92. The summed E-state index contributed by atoms with van der Waals surface area (Å²) in [7, 11) is 0. The molecule has 4 rings (SSSR count). The number of rotatable bonds is 7. The Kier molecular flexibility index (Phi) is 5.84. The molecule has 3 saturated heterocycles. The number of benzene rings is 1. The summed E-state index contributed by atoms with van der Waals surface area (Å²) >= 11 is 0. The van der Waals surface area contributed by atoms with Crippen molar-refractivity contribution in [1.82, 2.24) is 0 Å². The minimum atomic E-state index is -0.764. The van der Waals surface area contributed by atoms with Crippen molar-refractivity contribution in [2.45, 2.75) is 76.6 Å². The zero-order chi connectivity index (χ0) is 21.5. The summed E-state index contributed by atoms with van der Waals surface area (Å²) in [5.74, 6) is -1.52. The van der Waals surface area contributed by atoms with E-state index < -0.39 is 28.9 Å². The average Bonchev–Trinajstić information content (AvgIpc) is 3.16. The van der Waals surface area contributed by atoms with Gasteiger partial charge in [0.2, 0.25) is 0 Å². The van der Waals surface area contributed by atoms with E-state index in [9.17, 15) is 10.1 Å². The highest BCUT2D eigenvalue weighted by atomic mass is 16.9. The molecule has 3 aliphatic heterocycles. The standard InChI is InChI=1S/C20H27NO9/c1-19(2)27-15-14(26-18-17(16(15)28-19)29-20(3,4)30-18)10-25-11-24-9-12-5-7-13(8-6-12)21(22)23/h5-8,14-18H,9-11H2,1-4H3/t14-,15+,16+,17-,18-/m1/s1. The minimum absolute atomic E-state index is 0.0371.